The molecule has 1 fully saturated rings. The highest BCUT2D eigenvalue weighted by atomic mass is 35.5. The molecule has 156 valence electrons. The number of amides is 1. The number of hydrogen-bond donors (Lipinski definition) is 1. The minimum atomic E-state index is -1.07. The van der Waals surface area contributed by atoms with Gasteiger partial charge in [0.15, 0.2) is 0 Å². The van der Waals surface area contributed by atoms with Crippen molar-refractivity contribution in [2.75, 3.05) is 0 Å². The summed E-state index contributed by atoms with van der Waals surface area (Å²) >= 11 is 12.5. The Morgan fingerprint density at radius 1 is 1.07 bits per heavy atom. The van der Waals surface area contributed by atoms with Gasteiger partial charge in [0.25, 0.3) is 5.91 Å². The fraction of sp³-hybridized carbons (Fsp3) is 0.364. The van der Waals surface area contributed by atoms with E-state index in [4.69, 9.17) is 23.2 Å². The first kappa shape index (κ1) is 20.8. The van der Waals surface area contributed by atoms with E-state index in [1.165, 1.54) is 6.07 Å². The number of carboxylic acid groups (broad SMARTS) is 1. The molecule has 0 bridgehead atoms. The Morgan fingerprint density at radius 2 is 1.80 bits per heavy atom. The van der Waals surface area contributed by atoms with Crippen molar-refractivity contribution in [1.82, 2.24) is 4.90 Å². The first-order chi connectivity index (χ1) is 14.4. The second-order valence-corrected chi connectivity index (χ2v) is 8.59. The van der Waals surface area contributed by atoms with E-state index in [-0.39, 0.29) is 10.9 Å². The number of carboxylic acids is 1. The van der Waals surface area contributed by atoms with Crippen molar-refractivity contribution < 1.29 is 14.7 Å². The lowest BCUT2D eigenvalue weighted by molar-refractivity contribution is -0.141. The van der Waals surface area contributed by atoms with Gasteiger partial charge in [0.05, 0.1) is 12.1 Å². The van der Waals surface area contributed by atoms with Crippen LogP contribution in [0.25, 0.3) is 0 Å². The van der Waals surface area contributed by atoms with Crippen molar-refractivity contribution in [2.45, 2.75) is 49.7 Å². The molecular weight excluding hydrogens is 427 g/mol. The van der Waals surface area contributed by atoms with E-state index >= 15 is 0 Å². The maximum Gasteiger partial charge on any atom is 0.313 e. The molecule has 6 nitrogen and oxygen atoms in total. The smallest absolute Gasteiger partial charge is 0.313 e. The van der Waals surface area contributed by atoms with Gasteiger partial charge in [-0.2, -0.15) is 4.91 Å². The van der Waals surface area contributed by atoms with Crippen molar-refractivity contribution in [3.05, 3.63) is 74.1 Å². The molecule has 0 saturated heterocycles. The molecule has 30 heavy (non-hydrogen) atoms. The number of benzene rings is 2. The minimum Gasteiger partial charge on any atom is -0.481 e. The maximum absolute atomic E-state index is 13.6. The van der Waals surface area contributed by atoms with Crippen molar-refractivity contribution in [1.29, 1.82) is 0 Å². The highest BCUT2D eigenvalue weighted by molar-refractivity contribution is 6.35. The molecule has 1 N–H and O–H groups in total. The van der Waals surface area contributed by atoms with E-state index in [1.54, 1.807) is 41.3 Å². The molecule has 8 heteroatoms. The molecule has 1 saturated carbocycles. The van der Waals surface area contributed by atoms with Crippen LogP contribution >= 0.6 is 23.2 Å². The van der Waals surface area contributed by atoms with Gasteiger partial charge in [0.1, 0.15) is 12.0 Å². The number of aliphatic carboxylic acids is 1. The lowest BCUT2D eigenvalue weighted by Gasteiger charge is -2.47. The highest BCUT2D eigenvalue weighted by Crippen LogP contribution is 2.47. The van der Waals surface area contributed by atoms with Crippen LogP contribution in [-0.4, -0.2) is 34.0 Å². The fourth-order valence-electron chi connectivity index (χ4n) is 4.79. The lowest BCUT2D eigenvalue weighted by atomic mass is 9.77. The van der Waals surface area contributed by atoms with Gasteiger partial charge in [0.2, 0.25) is 0 Å². The molecule has 2 aromatic rings. The average Bonchev–Trinajstić information content (AvgIpc) is 2.73. The predicted molar refractivity (Wildman–Crippen MR) is 114 cm³/mol. The Hall–Kier alpha value is -2.44. The van der Waals surface area contributed by atoms with Crippen LogP contribution in [-0.2, 0) is 4.79 Å². The third kappa shape index (κ3) is 3.48. The normalized spacial score (nSPS) is 26.2. The number of hydrogen-bond acceptors (Lipinski definition) is 4. The van der Waals surface area contributed by atoms with Crippen molar-refractivity contribution in [3.8, 4) is 0 Å². The van der Waals surface area contributed by atoms with E-state index in [2.05, 4.69) is 5.18 Å². The van der Waals surface area contributed by atoms with Crippen LogP contribution in [0.2, 0.25) is 10.0 Å². The number of rotatable bonds is 4. The Labute approximate surface area is 183 Å². The van der Waals surface area contributed by atoms with Gasteiger partial charge in [-0.15, -0.1) is 0 Å². The number of fused-ring (bicyclic) bond motifs is 1. The summed E-state index contributed by atoms with van der Waals surface area (Å²) in [7, 11) is 0. The standard InChI is InChI=1S/C22H20Cl2N2O4/c23-12-9-10-15(16(24)11-12)20-19(22(28)29)13-5-1-2-6-14(13)21(27)26(20)18-8-4-3-7-17(18)25-30/h1-2,5-6,9-11,17-20H,3-4,7-8H2,(H,28,29)/t17-,18-,19+,20-/m0/s1. The Kier molecular flexibility index (Phi) is 5.80. The molecule has 0 spiro atoms. The second kappa shape index (κ2) is 8.36. The molecule has 1 aliphatic heterocycles. The van der Waals surface area contributed by atoms with Crippen LogP contribution < -0.4 is 0 Å². The molecule has 0 radical (unpaired) electrons. The molecule has 1 aliphatic carbocycles. The van der Waals surface area contributed by atoms with Crippen LogP contribution in [0.3, 0.4) is 0 Å². The SMILES string of the molecule is O=N[C@H]1CCCC[C@@H]1N1C(=O)c2ccccc2[C@@H](C(=O)O)[C@@H]1c1ccc(Cl)cc1Cl. The number of halogens is 2. The average molecular weight is 447 g/mol. The van der Waals surface area contributed by atoms with E-state index in [0.29, 0.717) is 34.6 Å². The van der Waals surface area contributed by atoms with Gasteiger partial charge in [0, 0.05) is 15.6 Å². The molecule has 1 amide bonds. The summed E-state index contributed by atoms with van der Waals surface area (Å²) < 4.78 is 0. The summed E-state index contributed by atoms with van der Waals surface area (Å²) in [6, 6.07) is 9.59. The zero-order valence-corrected chi connectivity index (χ0v) is 17.5. The van der Waals surface area contributed by atoms with Crippen LogP contribution in [0.4, 0.5) is 0 Å². The van der Waals surface area contributed by atoms with Crippen molar-refractivity contribution >= 4 is 35.1 Å². The zero-order chi connectivity index (χ0) is 21.4. The predicted octanol–water partition coefficient (Wildman–Crippen LogP) is 5.44. The molecule has 1 heterocycles. The third-order valence-corrected chi connectivity index (χ3v) is 6.67. The summed E-state index contributed by atoms with van der Waals surface area (Å²) in [6.07, 6.45) is 2.83. The first-order valence-electron chi connectivity index (χ1n) is 9.86. The summed E-state index contributed by atoms with van der Waals surface area (Å²) in [5.41, 5.74) is 1.27. The van der Waals surface area contributed by atoms with Gasteiger partial charge < -0.3 is 10.0 Å². The highest BCUT2D eigenvalue weighted by Gasteiger charge is 2.49. The molecule has 0 aromatic heterocycles. The first-order valence-corrected chi connectivity index (χ1v) is 10.6. The molecule has 0 unspecified atom stereocenters. The quantitative estimate of drug-likeness (QED) is 0.633. The Bertz CT molecular complexity index is 1010. The number of carbonyl (C=O) groups excluding carboxylic acids is 1. The summed E-state index contributed by atoms with van der Waals surface area (Å²) in [5, 5.41) is 14.2. The molecule has 2 aromatic carbocycles. The van der Waals surface area contributed by atoms with Crippen molar-refractivity contribution in [2.24, 2.45) is 5.18 Å². The van der Waals surface area contributed by atoms with E-state index < -0.39 is 30.0 Å². The molecule has 4 rings (SSSR count). The minimum absolute atomic E-state index is 0.280. The second-order valence-electron chi connectivity index (χ2n) is 7.75. The molecule has 4 atom stereocenters. The van der Waals surface area contributed by atoms with Crippen LogP contribution in [0, 0.1) is 4.91 Å². The van der Waals surface area contributed by atoms with Gasteiger partial charge in [-0.3, -0.25) is 9.59 Å². The lowest BCUT2D eigenvalue weighted by Crippen LogP contribution is -2.54. The zero-order valence-electron chi connectivity index (χ0n) is 16.0. The largest absolute Gasteiger partial charge is 0.481 e. The Morgan fingerprint density at radius 3 is 2.50 bits per heavy atom. The van der Waals surface area contributed by atoms with Crippen LogP contribution in [0.1, 0.15) is 59.1 Å². The summed E-state index contributed by atoms with van der Waals surface area (Å²) in [6.45, 7) is 0. The van der Waals surface area contributed by atoms with Gasteiger partial charge >= 0.3 is 5.97 Å². The van der Waals surface area contributed by atoms with E-state index in [9.17, 15) is 19.6 Å². The summed E-state index contributed by atoms with van der Waals surface area (Å²) in [4.78, 5) is 39.2. The molecule has 2 aliphatic rings. The van der Waals surface area contributed by atoms with Crippen LogP contribution in [0.15, 0.2) is 47.6 Å². The summed E-state index contributed by atoms with van der Waals surface area (Å²) in [5.74, 6) is -2.41. The van der Waals surface area contributed by atoms with Crippen LogP contribution in [0.5, 0.6) is 0 Å². The third-order valence-electron chi connectivity index (χ3n) is 6.11. The van der Waals surface area contributed by atoms with E-state index in [1.807, 2.05) is 0 Å². The van der Waals surface area contributed by atoms with Crippen molar-refractivity contribution in [3.63, 3.8) is 0 Å². The van der Waals surface area contributed by atoms with Gasteiger partial charge in [-0.25, -0.2) is 0 Å². The van der Waals surface area contributed by atoms with Gasteiger partial charge in [-0.05, 0) is 42.2 Å². The monoisotopic (exact) mass is 446 g/mol. The maximum atomic E-state index is 13.6. The topological polar surface area (TPSA) is 87.0 Å². The number of carbonyl (C=O) groups is 2. The molecular formula is C22H20Cl2N2O4. The number of nitroso groups, excluding NO2 is 1. The number of nitrogens with zero attached hydrogens (tertiary/aromatic N) is 2. The van der Waals surface area contributed by atoms with E-state index in [0.717, 1.165) is 12.8 Å². The fourth-order valence-corrected chi connectivity index (χ4v) is 5.31. The Balaban J connectivity index is 1.95. The van der Waals surface area contributed by atoms with Gasteiger partial charge in [-0.1, -0.05) is 65.5 Å².